The van der Waals surface area contributed by atoms with Gasteiger partial charge < -0.3 is 5.11 Å². The molecule has 92 valence electrons. The van der Waals surface area contributed by atoms with Crippen LogP contribution in [0.3, 0.4) is 0 Å². The summed E-state index contributed by atoms with van der Waals surface area (Å²) in [6, 6.07) is 0. The standard InChI is InChI=1S/C15H26O/c1-12(2)7-5-8-15(16)13(3,4)11-6-9-14(12,15)10-11/h11,16H,5-10H2,1-4H3/t11-,14-,15+/m1/s1. The fourth-order valence-electron chi connectivity index (χ4n) is 5.75. The third-order valence-electron chi connectivity index (χ3n) is 7.03. The summed E-state index contributed by atoms with van der Waals surface area (Å²) >= 11 is 0. The first-order valence-corrected chi connectivity index (χ1v) is 6.99. The largest absolute Gasteiger partial charge is 0.389 e. The summed E-state index contributed by atoms with van der Waals surface area (Å²) in [4.78, 5) is 0. The average molecular weight is 222 g/mol. The Balaban J connectivity index is 2.17. The van der Waals surface area contributed by atoms with Crippen molar-refractivity contribution in [3.8, 4) is 0 Å². The lowest BCUT2D eigenvalue weighted by Gasteiger charge is -2.61. The maximum atomic E-state index is 11.4. The summed E-state index contributed by atoms with van der Waals surface area (Å²) in [5.41, 5.74) is 0.322. The molecule has 3 atom stereocenters. The van der Waals surface area contributed by atoms with Gasteiger partial charge in [0, 0.05) is 5.41 Å². The predicted molar refractivity (Wildman–Crippen MR) is 66.1 cm³/mol. The summed E-state index contributed by atoms with van der Waals surface area (Å²) in [5, 5.41) is 11.4. The van der Waals surface area contributed by atoms with E-state index in [9.17, 15) is 5.11 Å². The SMILES string of the molecule is CC1(C)CCC[C@]2(O)C(C)(C)[C@@H]3CC[C@@]12C3. The van der Waals surface area contributed by atoms with Gasteiger partial charge >= 0.3 is 0 Å². The van der Waals surface area contributed by atoms with Crippen LogP contribution >= 0.6 is 0 Å². The van der Waals surface area contributed by atoms with Crippen molar-refractivity contribution in [3.05, 3.63) is 0 Å². The van der Waals surface area contributed by atoms with Gasteiger partial charge in [0.25, 0.3) is 0 Å². The summed E-state index contributed by atoms with van der Waals surface area (Å²) < 4.78 is 0. The minimum absolute atomic E-state index is 0.142. The second-order valence-corrected chi connectivity index (χ2v) is 7.84. The molecule has 0 aromatic carbocycles. The zero-order chi connectivity index (χ0) is 11.8. The number of fused-ring (bicyclic) bond motifs is 1. The molecule has 1 spiro atoms. The van der Waals surface area contributed by atoms with Crippen LogP contribution < -0.4 is 0 Å². The molecule has 1 heteroatoms. The van der Waals surface area contributed by atoms with Crippen molar-refractivity contribution in [3.63, 3.8) is 0 Å². The molecule has 0 unspecified atom stereocenters. The molecule has 0 radical (unpaired) electrons. The highest BCUT2D eigenvalue weighted by molar-refractivity contribution is 5.24. The molecule has 3 aliphatic rings. The van der Waals surface area contributed by atoms with Gasteiger partial charge in [-0.2, -0.15) is 0 Å². The fourth-order valence-corrected chi connectivity index (χ4v) is 5.75. The van der Waals surface area contributed by atoms with Crippen LogP contribution in [-0.2, 0) is 0 Å². The zero-order valence-electron chi connectivity index (χ0n) is 11.3. The van der Waals surface area contributed by atoms with Crippen LogP contribution in [0.4, 0.5) is 0 Å². The van der Waals surface area contributed by atoms with E-state index in [1.165, 1.54) is 32.1 Å². The number of aliphatic hydroxyl groups is 1. The van der Waals surface area contributed by atoms with Gasteiger partial charge in [-0.05, 0) is 55.3 Å². The monoisotopic (exact) mass is 222 g/mol. The minimum Gasteiger partial charge on any atom is -0.389 e. The van der Waals surface area contributed by atoms with E-state index in [2.05, 4.69) is 27.7 Å². The molecule has 3 fully saturated rings. The Morgan fingerprint density at radius 1 is 1.00 bits per heavy atom. The highest BCUT2D eigenvalue weighted by atomic mass is 16.3. The molecule has 0 amide bonds. The van der Waals surface area contributed by atoms with E-state index >= 15 is 0 Å². The van der Waals surface area contributed by atoms with Gasteiger partial charge in [0.1, 0.15) is 0 Å². The lowest BCUT2D eigenvalue weighted by Crippen LogP contribution is -2.62. The molecule has 0 aromatic rings. The Hall–Kier alpha value is -0.0400. The van der Waals surface area contributed by atoms with E-state index in [-0.39, 0.29) is 16.4 Å². The Morgan fingerprint density at radius 3 is 2.31 bits per heavy atom. The molecule has 0 heterocycles. The molecule has 16 heavy (non-hydrogen) atoms. The first-order chi connectivity index (χ1) is 7.27. The van der Waals surface area contributed by atoms with Gasteiger partial charge in [-0.15, -0.1) is 0 Å². The molecular weight excluding hydrogens is 196 g/mol. The normalized spacial score (nSPS) is 52.7. The van der Waals surface area contributed by atoms with Crippen LogP contribution in [0.5, 0.6) is 0 Å². The van der Waals surface area contributed by atoms with Gasteiger partial charge in [0.15, 0.2) is 0 Å². The number of hydrogen-bond donors (Lipinski definition) is 1. The quantitative estimate of drug-likeness (QED) is 0.662. The summed E-state index contributed by atoms with van der Waals surface area (Å²) in [6.07, 6.45) is 7.45. The minimum atomic E-state index is -0.384. The second kappa shape index (κ2) is 2.68. The predicted octanol–water partition coefficient (Wildman–Crippen LogP) is 3.75. The maximum Gasteiger partial charge on any atom is 0.0762 e. The molecule has 1 nitrogen and oxygen atoms in total. The van der Waals surface area contributed by atoms with E-state index < -0.39 is 0 Å². The molecular formula is C15H26O. The van der Waals surface area contributed by atoms with E-state index in [0.717, 1.165) is 12.3 Å². The Kier molecular flexibility index (Phi) is 1.86. The van der Waals surface area contributed by atoms with Crippen LogP contribution in [0.25, 0.3) is 0 Å². The molecule has 1 N–H and O–H groups in total. The third kappa shape index (κ3) is 0.868. The van der Waals surface area contributed by atoms with E-state index in [4.69, 9.17) is 0 Å². The molecule has 0 aromatic heterocycles. The summed E-state index contributed by atoms with van der Waals surface area (Å²) in [6.45, 7) is 9.45. The molecule has 2 bridgehead atoms. The van der Waals surface area contributed by atoms with Crippen molar-refractivity contribution in [2.75, 3.05) is 0 Å². The van der Waals surface area contributed by atoms with Crippen molar-refractivity contribution >= 4 is 0 Å². The van der Waals surface area contributed by atoms with E-state index in [1.807, 2.05) is 0 Å². The van der Waals surface area contributed by atoms with E-state index in [0.29, 0.717) is 5.41 Å². The van der Waals surface area contributed by atoms with Crippen LogP contribution in [0, 0.1) is 22.2 Å². The van der Waals surface area contributed by atoms with Crippen LogP contribution in [0.1, 0.15) is 66.2 Å². The van der Waals surface area contributed by atoms with Crippen molar-refractivity contribution in [2.24, 2.45) is 22.2 Å². The Labute approximate surface area is 99.6 Å². The highest BCUT2D eigenvalue weighted by Gasteiger charge is 2.74. The van der Waals surface area contributed by atoms with Gasteiger partial charge in [-0.25, -0.2) is 0 Å². The van der Waals surface area contributed by atoms with Crippen molar-refractivity contribution in [1.29, 1.82) is 0 Å². The van der Waals surface area contributed by atoms with E-state index in [1.54, 1.807) is 0 Å². The van der Waals surface area contributed by atoms with Gasteiger partial charge in [-0.3, -0.25) is 0 Å². The Bertz CT molecular complexity index is 330. The highest BCUT2D eigenvalue weighted by Crippen LogP contribution is 2.76. The maximum absolute atomic E-state index is 11.4. The van der Waals surface area contributed by atoms with Gasteiger partial charge in [-0.1, -0.05) is 27.7 Å². The smallest absolute Gasteiger partial charge is 0.0762 e. The molecule has 3 rings (SSSR count). The average Bonchev–Trinajstić information content (AvgIpc) is 2.66. The van der Waals surface area contributed by atoms with Gasteiger partial charge in [0.2, 0.25) is 0 Å². The van der Waals surface area contributed by atoms with Crippen LogP contribution in [0.15, 0.2) is 0 Å². The Morgan fingerprint density at radius 2 is 1.69 bits per heavy atom. The molecule has 0 aliphatic heterocycles. The molecule has 3 aliphatic carbocycles. The van der Waals surface area contributed by atoms with Gasteiger partial charge in [0.05, 0.1) is 5.60 Å². The topological polar surface area (TPSA) is 20.2 Å². The van der Waals surface area contributed by atoms with Crippen molar-refractivity contribution in [1.82, 2.24) is 0 Å². The molecule has 0 saturated heterocycles. The zero-order valence-corrected chi connectivity index (χ0v) is 11.3. The lowest BCUT2D eigenvalue weighted by atomic mass is 9.46. The van der Waals surface area contributed by atoms with Crippen molar-refractivity contribution < 1.29 is 5.11 Å². The summed E-state index contributed by atoms with van der Waals surface area (Å²) in [5.74, 6) is 0.759. The number of rotatable bonds is 0. The first kappa shape index (κ1) is 11.1. The second-order valence-electron chi connectivity index (χ2n) is 7.84. The third-order valence-corrected chi connectivity index (χ3v) is 7.03. The first-order valence-electron chi connectivity index (χ1n) is 6.99. The summed E-state index contributed by atoms with van der Waals surface area (Å²) in [7, 11) is 0. The van der Waals surface area contributed by atoms with Crippen LogP contribution in [0.2, 0.25) is 0 Å². The lowest BCUT2D eigenvalue weighted by molar-refractivity contribution is -0.213. The number of hydrogen-bond acceptors (Lipinski definition) is 1. The van der Waals surface area contributed by atoms with Crippen molar-refractivity contribution in [2.45, 2.75) is 71.8 Å². The van der Waals surface area contributed by atoms with Crippen LogP contribution in [-0.4, -0.2) is 10.7 Å². The molecule has 3 saturated carbocycles. The fraction of sp³-hybridized carbons (Fsp3) is 1.00.